The molecule has 0 aliphatic carbocycles. The van der Waals surface area contributed by atoms with E-state index in [1.165, 1.54) is 11.8 Å². The van der Waals surface area contributed by atoms with E-state index in [0.717, 1.165) is 79.2 Å². The van der Waals surface area contributed by atoms with E-state index in [0.29, 0.717) is 0 Å². The maximum atomic E-state index is 7.92. The van der Waals surface area contributed by atoms with Crippen molar-refractivity contribution in [3.63, 3.8) is 0 Å². The minimum Gasteiger partial charge on any atom is -0.389 e. The molecule has 5 rings (SSSR count). The molecule has 34 heavy (non-hydrogen) atoms. The smallest absolute Gasteiger partial charge is 0.137 e. The van der Waals surface area contributed by atoms with Crippen molar-refractivity contribution in [3.8, 4) is 11.1 Å². The highest BCUT2D eigenvalue weighted by molar-refractivity contribution is 6.09. The lowest BCUT2D eigenvalue weighted by molar-refractivity contribution is 0.0388. The molecule has 4 heterocycles. The molecule has 3 N–H and O–H groups in total. The number of pyridine rings is 1. The molecule has 0 spiro atoms. The van der Waals surface area contributed by atoms with Crippen LogP contribution in [0.2, 0.25) is 0 Å². The predicted octanol–water partition coefficient (Wildman–Crippen LogP) is 3.39. The molecule has 8 heteroatoms. The third-order valence-electron chi connectivity index (χ3n) is 6.09. The highest BCUT2D eigenvalue weighted by Gasteiger charge is 2.12. The number of benzene rings is 1. The van der Waals surface area contributed by atoms with Crippen LogP contribution in [0, 0.1) is 5.41 Å². The minimum atomic E-state index is 0.726. The van der Waals surface area contributed by atoms with E-state index >= 15 is 0 Å². The van der Waals surface area contributed by atoms with E-state index in [9.17, 15) is 0 Å². The zero-order valence-electron chi connectivity index (χ0n) is 19.1. The molecule has 1 fully saturated rings. The topological polar surface area (TPSA) is 94.8 Å². The molecule has 8 nitrogen and oxygen atoms in total. The second-order valence-electron chi connectivity index (χ2n) is 8.39. The molecule has 1 saturated heterocycles. The second kappa shape index (κ2) is 10.5. The number of fused-ring (bicyclic) bond motifs is 1. The van der Waals surface area contributed by atoms with Crippen LogP contribution in [0.5, 0.6) is 0 Å². The molecule has 1 aromatic carbocycles. The van der Waals surface area contributed by atoms with E-state index in [2.05, 4.69) is 49.7 Å². The fourth-order valence-corrected chi connectivity index (χ4v) is 4.20. The minimum absolute atomic E-state index is 0.726. The van der Waals surface area contributed by atoms with Gasteiger partial charge in [-0.1, -0.05) is 30.3 Å². The molecule has 0 bridgehead atoms. The highest BCUT2D eigenvalue weighted by atomic mass is 16.5. The quantitative estimate of drug-likeness (QED) is 0.266. The predicted molar refractivity (Wildman–Crippen MR) is 135 cm³/mol. The molecule has 4 aromatic rings. The van der Waals surface area contributed by atoms with Crippen LogP contribution in [0.4, 0.5) is 0 Å². The molecule has 1 aliphatic heterocycles. The van der Waals surface area contributed by atoms with E-state index < -0.39 is 0 Å². The fraction of sp³-hybridized carbons (Fsp3) is 0.269. The van der Waals surface area contributed by atoms with Crippen molar-refractivity contribution in [2.75, 3.05) is 39.4 Å². The number of nitrogens with zero attached hydrogens (tertiary/aromatic N) is 4. The summed E-state index contributed by atoms with van der Waals surface area (Å²) in [4.78, 5) is 10.2. The van der Waals surface area contributed by atoms with Crippen molar-refractivity contribution in [2.24, 2.45) is 0 Å². The molecular weight excluding hydrogens is 426 g/mol. The molecule has 0 unspecified atom stereocenters. The Kier molecular flexibility index (Phi) is 6.78. The standard InChI is InChI=1S/C26H29N7O/c27-13-22(14-28-6-7-32-8-10-34-11-9-32)21-12-24-25(17-30-26(24)29-15-21)23-16-31-33(19-23)18-20-4-2-1-3-5-20/h1-5,12-17,19,27-28H,6-11,18H2,(H,29,30)/b22-14+,27-13?. The van der Waals surface area contributed by atoms with E-state index in [-0.39, 0.29) is 0 Å². The lowest BCUT2D eigenvalue weighted by atomic mass is 10.1. The maximum absolute atomic E-state index is 7.92. The number of nitrogens with one attached hydrogen (secondary N) is 3. The van der Waals surface area contributed by atoms with Gasteiger partial charge in [-0.15, -0.1) is 0 Å². The number of rotatable bonds is 9. The van der Waals surface area contributed by atoms with E-state index in [1.54, 1.807) is 0 Å². The van der Waals surface area contributed by atoms with Crippen molar-refractivity contribution in [1.29, 1.82) is 5.41 Å². The van der Waals surface area contributed by atoms with Crippen LogP contribution in [0.15, 0.2) is 67.4 Å². The Labute approximate surface area is 198 Å². The van der Waals surface area contributed by atoms with Gasteiger partial charge in [0, 0.05) is 84.8 Å². The SMILES string of the molecule is N=C/C(=C\NCCN1CCOCC1)c1cnc2[nH]cc(-c3cnn(Cc4ccccc4)c3)c2c1. The summed E-state index contributed by atoms with van der Waals surface area (Å²) in [5.41, 5.74) is 5.81. The van der Waals surface area contributed by atoms with Gasteiger partial charge in [-0.25, -0.2) is 4.98 Å². The Morgan fingerprint density at radius 2 is 2.03 bits per heavy atom. The largest absolute Gasteiger partial charge is 0.389 e. The molecule has 174 valence electrons. The fourth-order valence-electron chi connectivity index (χ4n) is 4.20. The lowest BCUT2D eigenvalue weighted by Gasteiger charge is -2.26. The van der Waals surface area contributed by atoms with Crippen molar-refractivity contribution < 1.29 is 4.74 Å². The van der Waals surface area contributed by atoms with Gasteiger partial charge in [-0.3, -0.25) is 9.58 Å². The number of hydrogen-bond acceptors (Lipinski definition) is 6. The summed E-state index contributed by atoms with van der Waals surface area (Å²) in [5.74, 6) is 0. The summed E-state index contributed by atoms with van der Waals surface area (Å²) in [7, 11) is 0. The average molecular weight is 456 g/mol. The first-order valence-corrected chi connectivity index (χ1v) is 11.6. The van der Waals surface area contributed by atoms with Gasteiger partial charge in [0.25, 0.3) is 0 Å². The number of aromatic amines is 1. The van der Waals surface area contributed by atoms with Crippen molar-refractivity contribution in [2.45, 2.75) is 6.54 Å². The zero-order valence-corrected chi connectivity index (χ0v) is 19.1. The van der Waals surface area contributed by atoms with Crippen LogP contribution in [-0.2, 0) is 11.3 Å². The van der Waals surface area contributed by atoms with E-state index in [1.807, 2.05) is 47.7 Å². The van der Waals surface area contributed by atoms with Crippen LogP contribution in [0.1, 0.15) is 11.1 Å². The Morgan fingerprint density at radius 1 is 1.18 bits per heavy atom. The second-order valence-corrected chi connectivity index (χ2v) is 8.39. The number of H-pyrrole nitrogens is 1. The Bertz CT molecular complexity index is 1270. The van der Waals surface area contributed by atoms with Gasteiger partial charge in [0.2, 0.25) is 0 Å². The van der Waals surface area contributed by atoms with Gasteiger partial charge in [-0.2, -0.15) is 5.10 Å². The molecule has 0 amide bonds. The summed E-state index contributed by atoms with van der Waals surface area (Å²) < 4.78 is 7.35. The summed E-state index contributed by atoms with van der Waals surface area (Å²) in [6, 6.07) is 12.4. The first-order valence-electron chi connectivity index (χ1n) is 11.6. The Balaban J connectivity index is 1.31. The van der Waals surface area contributed by atoms with Gasteiger partial charge in [0.15, 0.2) is 0 Å². The number of morpholine rings is 1. The van der Waals surface area contributed by atoms with Gasteiger partial charge >= 0.3 is 0 Å². The first kappa shape index (κ1) is 22.1. The third-order valence-corrected chi connectivity index (χ3v) is 6.09. The van der Waals surface area contributed by atoms with Crippen molar-refractivity contribution in [1.82, 2.24) is 30.0 Å². The van der Waals surface area contributed by atoms with Crippen LogP contribution >= 0.6 is 0 Å². The Morgan fingerprint density at radius 3 is 2.85 bits per heavy atom. The summed E-state index contributed by atoms with van der Waals surface area (Å²) >= 11 is 0. The third kappa shape index (κ3) is 5.08. The van der Waals surface area contributed by atoms with Crippen LogP contribution < -0.4 is 5.32 Å². The number of allylic oxidation sites excluding steroid dienone is 1. The van der Waals surface area contributed by atoms with Gasteiger partial charge in [0.1, 0.15) is 5.65 Å². The van der Waals surface area contributed by atoms with E-state index in [4.69, 9.17) is 10.1 Å². The highest BCUT2D eigenvalue weighted by Crippen LogP contribution is 2.29. The number of ether oxygens (including phenoxy) is 1. The van der Waals surface area contributed by atoms with Gasteiger partial charge < -0.3 is 20.4 Å². The van der Waals surface area contributed by atoms with Crippen LogP contribution in [0.25, 0.3) is 27.7 Å². The molecule has 0 saturated carbocycles. The molecule has 0 atom stereocenters. The molecular formula is C26H29N7O. The number of aromatic nitrogens is 4. The number of hydrogen-bond donors (Lipinski definition) is 3. The van der Waals surface area contributed by atoms with Crippen molar-refractivity contribution in [3.05, 3.63) is 78.5 Å². The lowest BCUT2D eigenvalue weighted by Crippen LogP contribution is -2.39. The maximum Gasteiger partial charge on any atom is 0.137 e. The zero-order chi connectivity index (χ0) is 23.2. The summed E-state index contributed by atoms with van der Waals surface area (Å²) in [6.07, 6.45) is 11.0. The van der Waals surface area contributed by atoms with Crippen LogP contribution in [-0.4, -0.2) is 70.3 Å². The molecule has 1 aliphatic rings. The average Bonchev–Trinajstić information content (AvgIpc) is 3.52. The van der Waals surface area contributed by atoms with Gasteiger partial charge in [-0.05, 0) is 11.6 Å². The summed E-state index contributed by atoms with van der Waals surface area (Å²) in [5, 5.41) is 16.8. The normalized spacial score (nSPS) is 15.0. The van der Waals surface area contributed by atoms with Crippen LogP contribution in [0.3, 0.4) is 0 Å². The molecule has 3 aromatic heterocycles. The first-order chi connectivity index (χ1) is 16.8. The molecule has 0 radical (unpaired) electrons. The van der Waals surface area contributed by atoms with Gasteiger partial charge in [0.05, 0.1) is 26.0 Å². The monoisotopic (exact) mass is 455 g/mol. The summed E-state index contributed by atoms with van der Waals surface area (Å²) in [6.45, 7) is 6.06. The van der Waals surface area contributed by atoms with Crippen molar-refractivity contribution >= 4 is 22.8 Å². The Hall–Kier alpha value is -3.75.